The second kappa shape index (κ2) is 7.17. The number of rotatable bonds is 5. The van der Waals surface area contributed by atoms with Crippen LogP contribution in [0.5, 0.6) is 0 Å². The van der Waals surface area contributed by atoms with E-state index < -0.39 is 0 Å². The average Bonchev–Trinajstić information content (AvgIpc) is 2.74. The summed E-state index contributed by atoms with van der Waals surface area (Å²) < 4.78 is 1.74. The molecule has 1 amide bonds. The van der Waals surface area contributed by atoms with E-state index in [1.165, 1.54) is 6.21 Å². The third kappa shape index (κ3) is 3.92. The number of nitrogens with zero attached hydrogens (tertiary/aromatic N) is 4. The Bertz CT molecular complexity index is 679. The molecule has 0 spiro atoms. The molecule has 6 nitrogen and oxygen atoms in total. The van der Waals surface area contributed by atoms with Crippen LogP contribution in [0.1, 0.15) is 35.6 Å². The summed E-state index contributed by atoms with van der Waals surface area (Å²) in [5, 5.41) is 8.82. The number of carbonyl (C=O) groups is 1. The molecule has 0 fully saturated rings. The summed E-state index contributed by atoms with van der Waals surface area (Å²) in [6, 6.07) is 5.10. The minimum Gasteiger partial charge on any atom is -0.266 e. The smallest absolute Gasteiger partial charge is 0.266 e. The van der Waals surface area contributed by atoms with Gasteiger partial charge in [-0.1, -0.05) is 31.5 Å². The molecule has 0 aromatic carbocycles. The fraction of sp³-hybridized carbons (Fsp3) is 0.333. The molecule has 2 rings (SSSR count). The molecule has 0 saturated carbocycles. The molecule has 0 atom stereocenters. The summed E-state index contributed by atoms with van der Waals surface area (Å²) >= 11 is 6.29. The zero-order valence-electron chi connectivity index (χ0n) is 12.7. The highest BCUT2D eigenvalue weighted by Crippen LogP contribution is 2.18. The number of amides is 1. The minimum absolute atomic E-state index is 0.304. The van der Waals surface area contributed by atoms with Gasteiger partial charge in [0, 0.05) is 12.7 Å². The molecule has 0 saturated heterocycles. The van der Waals surface area contributed by atoms with Crippen molar-refractivity contribution in [3.05, 3.63) is 46.5 Å². The zero-order valence-corrected chi connectivity index (χ0v) is 13.5. The van der Waals surface area contributed by atoms with E-state index in [1.54, 1.807) is 29.1 Å². The first-order valence-corrected chi connectivity index (χ1v) is 7.34. The van der Waals surface area contributed by atoms with E-state index in [2.05, 4.69) is 34.5 Å². The monoisotopic (exact) mass is 319 g/mol. The average molecular weight is 320 g/mol. The zero-order chi connectivity index (χ0) is 16.1. The Labute approximate surface area is 134 Å². The number of hydrazone groups is 1. The van der Waals surface area contributed by atoms with Gasteiger partial charge in [0.15, 0.2) is 0 Å². The minimum atomic E-state index is -0.375. The number of halogens is 1. The summed E-state index contributed by atoms with van der Waals surface area (Å²) in [6.07, 6.45) is 3.05. The summed E-state index contributed by atoms with van der Waals surface area (Å²) in [4.78, 5) is 15.8. The van der Waals surface area contributed by atoms with Crippen molar-refractivity contribution in [2.24, 2.45) is 11.0 Å². The quantitative estimate of drug-likeness (QED) is 0.680. The van der Waals surface area contributed by atoms with Crippen LogP contribution in [0.15, 0.2) is 29.5 Å². The van der Waals surface area contributed by atoms with Crippen molar-refractivity contribution in [3.8, 4) is 0 Å². The summed E-state index contributed by atoms with van der Waals surface area (Å²) in [7, 11) is 0. The topological polar surface area (TPSA) is 72.2 Å². The number of aromatic nitrogens is 3. The first-order valence-electron chi connectivity index (χ1n) is 6.96. The van der Waals surface area contributed by atoms with E-state index in [0.717, 1.165) is 12.2 Å². The predicted octanol–water partition coefficient (Wildman–Crippen LogP) is 2.66. The second-order valence-corrected chi connectivity index (χ2v) is 5.64. The molecule has 0 aliphatic rings. The molecule has 2 heterocycles. The van der Waals surface area contributed by atoms with Crippen LogP contribution in [0.25, 0.3) is 0 Å². The molecule has 0 bridgehead atoms. The largest absolute Gasteiger partial charge is 0.289 e. The highest BCUT2D eigenvalue weighted by atomic mass is 35.5. The van der Waals surface area contributed by atoms with E-state index in [-0.39, 0.29) is 5.91 Å². The van der Waals surface area contributed by atoms with Crippen LogP contribution in [0.3, 0.4) is 0 Å². The van der Waals surface area contributed by atoms with E-state index >= 15 is 0 Å². The van der Waals surface area contributed by atoms with Crippen molar-refractivity contribution in [1.82, 2.24) is 20.2 Å². The number of nitrogens with one attached hydrogen (secondary N) is 1. The standard InChI is InChI=1S/C15H18ClN5O/c1-10(2)9-21-14(16)12(11(3)20-21)8-18-19-15(22)13-6-4-5-7-17-13/h4-8,10H,9H2,1-3H3,(H,19,22)/b18-8-. The lowest BCUT2D eigenvalue weighted by Gasteiger charge is -2.05. The van der Waals surface area contributed by atoms with Gasteiger partial charge >= 0.3 is 0 Å². The number of hydrogen-bond donors (Lipinski definition) is 1. The molecular weight excluding hydrogens is 302 g/mol. The Balaban J connectivity index is 2.07. The van der Waals surface area contributed by atoms with Crippen molar-refractivity contribution in [2.45, 2.75) is 27.3 Å². The summed E-state index contributed by atoms with van der Waals surface area (Å²) in [5.74, 6) is 0.0608. The molecule has 2 aromatic heterocycles. The Morgan fingerprint density at radius 1 is 1.50 bits per heavy atom. The van der Waals surface area contributed by atoms with E-state index in [1.807, 2.05) is 6.92 Å². The number of hydrogen-bond acceptors (Lipinski definition) is 4. The molecule has 1 N–H and O–H groups in total. The first kappa shape index (κ1) is 16.2. The highest BCUT2D eigenvalue weighted by molar-refractivity contribution is 6.32. The lowest BCUT2D eigenvalue weighted by atomic mass is 10.2. The third-order valence-corrected chi connectivity index (χ3v) is 3.30. The number of carbonyl (C=O) groups excluding carboxylic acids is 1. The fourth-order valence-corrected chi connectivity index (χ4v) is 2.18. The Morgan fingerprint density at radius 3 is 2.91 bits per heavy atom. The van der Waals surface area contributed by atoms with Crippen molar-refractivity contribution >= 4 is 23.7 Å². The molecule has 2 aromatic rings. The van der Waals surface area contributed by atoms with E-state index in [9.17, 15) is 4.79 Å². The van der Waals surface area contributed by atoms with Crippen LogP contribution in [-0.4, -0.2) is 26.9 Å². The van der Waals surface area contributed by atoms with Crippen LogP contribution in [0, 0.1) is 12.8 Å². The second-order valence-electron chi connectivity index (χ2n) is 5.28. The van der Waals surface area contributed by atoms with Crippen molar-refractivity contribution in [3.63, 3.8) is 0 Å². The van der Waals surface area contributed by atoms with Crippen LogP contribution < -0.4 is 5.43 Å². The lowest BCUT2D eigenvalue weighted by Crippen LogP contribution is -2.18. The van der Waals surface area contributed by atoms with Gasteiger partial charge in [0.1, 0.15) is 10.8 Å². The van der Waals surface area contributed by atoms with Crippen molar-refractivity contribution in [2.75, 3.05) is 0 Å². The van der Waals surface area contributed by atoms with Crippen molar-refractivity contribution < 1.29 is 4.79 Å². The molecule has 0 aliphatic carbocycles. The molecule has 116 valence electrons. The van der Waals surface area contributed by atoms with Crippen molar-refractivity contribution in [1.29, 1.82) is 0 Å². The third-order valence-electron chi connectivity index (χ3n) is 2.90. The summed E-state index contributed by atoms with van der Waals surface area (Å²) in [5.41, 5.74) is 4.19. The molecule has 0 aliphatic heterocycles. The van der Waals surface area contributed by atoms with Gasteiger partial charge in [0.2, 0.25) is 0 Å². The van der Waals surface area contributed by atoms with E-state index in [0.29, 0.717) is 22.3 Å². The van der Waals surface area contributed by atoms with Crippen LogP contribution in [0.2, 0.25) is 5.15 Å². The molecule has 7 heteroatoms. The lowest BCUT2D eigenvalue weighted by molar-refractivity contribution is 0.0950. The maximum atomic E-state index is 11.8. The van der Waals surface area contributed by atoms with Gasteiger partial charge in [-0.2, -0.15) is 10.2 Å². The summed E-state index contributed by atoms with van der Waals surface area (Å²) in [6.45, 7) is 6.76. The number of pyridine rings is 1. The van der Waals surface area contributed by atoms with Gasteiger partial charge in [-0.05, 0) is 25.0 Å². The SMILES string of the molecule is Cc1nn(CC(C)C)c(Cl)c1/C=N\NC(=O)c1ccccn1. The van der Waals surface area contributed by atoms with Crippen LogP contribution >= 0.6 is 11.6 Å². The molecule has 22 heavy (non-hydrogen) atoms. The molecule has 0 radical (unpaired) electrons. The normalized spacial score (nSPS) is 11.3. The van der Waals surface area contributed by atoms with Crippen LogP contribution in [0.4, 0.5) is 0 Å². The van der Waals surface area contributed by atoms with Gasteiger partial charge < -0.3 is 0 Å². The molecule has 0 unspecified atom stereocenters. The highest BCUT2D eigenvalue weighted by Gasteiger charge is 2.12. The van der Waals surface area contributed by atoms with E-state index in [4.69, 9.17) is 11.6 Å². The van der Waals surface area contributed by atoms with Gasteiger partial charge in [0.25, 0.3) is 5.91 Å². The Morgan fingerprint density at radius 2 is 2.27 bits per heavy atom. The van der Waals surface area contributed by atoms with Gasteiger partial charge in [-0.3, -0.25) is 14.5 Å². The van der Waals surface area contributed by atoms with Gasteiger partial charge in [-0.15, -0.1) is 0 Å². The predicted molar refractivity (Wildman–Crippen MR) is 86.1 cm³/mol. The molecular formula is C15H18ClN5O. The number of aryl methyl sites for hydroxylation is 1. The Kier molecular flexibility index (Phi) is 5.27. The van der Waals surface area contributed by atoms with Gasteiger partial charge in [-0.25, -0.2) is 5.43 Å². The Hall–Kier alpha value is -2.21. The fourth-order valence-electron chi connectivity index (χ4n) is 1.89. The maximum absolute atomic E-state index is 11.8. The maximum Gasteiger partial charge on any atom is 0.289 e. The van der Waals surface area contributed by atoms with Crippen LogP contribution in [-0.2, 0) is 6.54 Å². The first-order chi connectivity index (χ1) is 10.5. The van der Waals surface area contributed by atoms with Gasteiger partial charge in [0.05, 0.1) is 17.5 Å².